The number of likely N-dealkylation sites (tertiary alicyclic amines) is 3. The average molecular weight is 812 g/mol. The van der Waals surface area contributed by atoms with Gasteiger partial charge in [0.2, 0.25) is 5.88 Å². The number of piperidine rings is 1. The third-order valence-corrected chi connectivity index (χ3v) is 12.0. The van der Waals surface area contributed by atoms with Crippen molar-refractivity contribution in [1.82, 2.24) is 25.0 Å². The van der Waals surface area contributed by atoms with Crippen molar-refractivity contribution in [3.05, 3.63) is 77.5 Å². The maximum absolute atomic E-state index is 15.0. The van der Waals surface area contributed by atoms with E-state index in [1.165, 1.54) is 75.0 Å². The number of rotatable bonds is 10. The van der Waals surface area contributed by atoms with Crippen LogP contribution in [0.25, 0.3) is 0 Å². The number of carbonyl (C=O) groups is 2. The Morgan fingerprint density at radius 2 is 1.62 bits per heavy atom. The number of ether oxygens (including phenoxy) is 2. The second kappa shape index (κ2) is 17.8. The molecule has 1 N–H and O–H groups in total. The van der Waals surface area contributed by atoms with Gasteiger partial charge in [0.1, 0.15) is 5.75 Å². The van der Waals surface area contributed by atoms with Crippen LogP contribution in [0.5, 0.6) is 11.6 Å². The van der Waals surface area contributed by atoms with Crippen LogP contribution in [-0.2, 0) is 20.4 Å². The molecule has 0 radical (unpaired) electrons. The number of nitriles is 1. The summed E-state index contributed by atoms with van der Waals surface area (Å²) in [4.78, 5) is 40.0. The molecule has 4 aliphatic rings. The normalized spacial score (nSPS) is 20.3. The first kappa shape index (κ1) is 44.0. The zero-order chi connectivity index (χ0) is 39.6. The topological polar surface area (TPSA) is 171 Å². The fourth-order valence-corrected chi connectivity index (χ4v) is 9.27. The Bertz CT molecular complexity index is 2030. The molecule has 0 saturated carbocycles. The number of benzene rings is 2. The molecule has 4 aliphatic heterocycles. The number of urea groups is 1. The van der Waals surface area contributed by atoms with E-state index in [0.29, 0.717) is 23.1 Å². The Morgan fingerprint density at radius 3 is 2.23 bits per heavy atom. The molecule has 2 aromatic carbocycles. The van der Waals surface area contributed by atoms with Crippen molar-refractivity contribution in [2.45, 2.75) is 63.0 Å². The zero-order valence-corrected chi connectivity index (χ0v) is 37.1. The van der Waals surface area contributed by atoms with Gasteiger partial charge in [0.25, 0.3) is 15.9 Å². The van der Waals surface area contributed by atoms with Crippen molar-refractivity contribution in [2.75, 3.05) is 70.4 Å². The van der Waals surface area contributed by atoms with Gasteiger partial charge in [0.15, 0.2) is 5.54 Å². The molecular weight excluding hydrogens is 762 g/mol. The molecule has 56 heavy (non-hydrogen) atoms. The molecular formula is C40H50KN7O7S. The van der Waals surface area contributed by atoms with E-state index < -0.39 is 33.1 Å². The van der Waals surface area contributed by atoms with Gasteiger partial charge in [-0.3, -0.25) is 4.79 Å². The Labute approximate surface area is 372 Å². The van der Waals surface area contributed by atoms with Crippen molar-refractivity contribution in [3.63, 3.8) is 0 Å². The van der Waals surface area contributed by atoms with Gasteiger partial charge in [-0.25, -0.2) is 18.2 Å². The number of hydrogen-bond acceptors (Lipinski definition) is 11. The fraction of sp³-hybridized carbons (Fsp3) is 0.500. The molecule has 0 aliphatic carbocycles. The summed E-state index contributed by atoms with van der Waals surface area (Å²) < 4.78 is 40.4. The van der Waals surface area contributed by atoms with Crippen LogP contribution < -0.4 is 75.6 Å². The van der Waals surface area contributed by atoms with E-state index in [-0.39, 0.29) is 96.6 Å². The summed E-state index contributed by atoms with van der Waals surface area (Å²) >= 11 is 0. The predicted molar refractivity (Wildman–Crippen MR) is 204 cm³/mol. The molecule has 3 saturated heterocycles. The van der Waals surface area contributed by atoms with Crippen LogP contribution in [-0.4, -0.2) is 112 Å². The summed E-state index contributed by atoms with van der Waals surface area (Å²) in [5.41, 5.74) is -2.36. The third kappa shape index (κ3) is 9.11. The molecule has 0 unspecified atom stereocenters. The van der Waals surface area contributed by atoms with Crippen molar-refractivity contribution in [3.8, 4) is 17.7 Å². The summed E-state index contributed by atoms with van der Waals surface area (Å²) in [6.45, 7) is 14.0. The van der Waals surface area contributed by atoms with E-state index in [1.54, 1.807) is 44.7 Å². The number of amides is 3. The number of anilines is 1. The maximum atomic E-state index is 15.0. The average Bonchev–Trinajstić information content (AvgIpc) is 3.37. The number of fused-ring (bicyclic) bond motifs is 1. The van der Waals surface area contributed by atoms with E-state index in [0.717, 1.165) is 39.3 Å². The largest absolute Gasteiger partial charge is 1.00 e. The van der Waals surface area contributed by atoms with Crippen LogP contribution in [0.1, 0.15) is 63.6 Å². The van der Waals surface area contributed by atoms with Gasteiger partial charge >= 0.3 is 57.4 Å². The van der Waals surface area contributed by atoms with Crippen LogP contribution in [0.3, 0.4) is 0 Å². The number of sulfonamides is 1. The molecule has 1 spiro atoms. The number of nitrogens with zero attached hydrogens (tertiary/aromatic N) is 6. The standard InChI is InChI=1S/C36H41N7O6S.C4H9O.K/c1-3-49-32-29(8-7-15-38-32)36(39-34(45)42-24-35(25-42)22-41(23-35)19-18-40-16-5-4-6-17-40)30-20-26(21-37)9-14-31(30)43(33(36)44)50(46,47)28-12-10-27(48-2)11-13-28;1-4(2,3)5;/h7-15,20H,3-6,16-19,22-25H2,1-2H3,(H,39,45);1-3H3;/q;-1;+1/t36-;;/m1../s1. The number of hydrogen-bond donors (Lipinski definition) is 1. The van der Waals surface area contributed by atoms with E-state index in [4.69, 9.17) is 9.47 Å². The van der Waals surface area contributed by atoms with Crippen LogP contribution >= 0.6 is 0 Å². The Morgan fingerprint density at radius 1 is 0.982 bits per heavy atom. The maximum Gasteiger partial charge on any atom is 1.00 e. The smallest absolute Gasteiger partial charge is 0.850 e. The second-order valence-electron chi connectivity index (χ2n) is 15.6. The molecule has 3 aromatic rings. The molecule has 5 heterocycles. The van der Waals surface area contributed by atoms with E-state index in [2.05, 4.69) is 26.2 Å². The van der Waals surface area contributed by atoms with Gasteiger partial charge in [-0.1, -0.05) is 27.2 Å². The van der Waals surface area contributed by atoms with Crippen molar-refractivity contribution < 1.29 is 84.0 Å². The molecule has 1 aromatic heterocycles. The van der Waals surface area contributed by atoms with Gasteiger partial charge in [0.05, 0.1) is 41.5 Å². The van der Waals surface area contributed by atoms with Crippen LogP contribution in [0.2, 0.25) is 0 Å². The minimum absolute atomic E-state index is 0. The first-order valence-electron chi connectivity index (χ1n) is 18.7. The second-order valence-corrected chi connectivity index (χ2v) is 17.4. The van der Waals surface area contributed by atoms with E-state index in [1.807, 2.05) is 0 Å². The number of pyridine rings is 1. The molecule has 294 valence electrons. The minimum atomic E-state index is -4.52. The molecule has 3 fully saturated rings. The van der Waals surface area contributed by atoms with Gasteiger partial charge in [-0.2, -0.15) is 9.57 Å². The van der Waals surface area contributed by atoms with Crippen LogP contribution in [0.15, 0.2) is 65.7 Å². The number of carbonyl (C=O) groups excluding carboxylic acids is 2. The van der Waals surface area contributed by atoms with Crippen molar-refractivity contribution in [2.24, 2.45) is 5.41 Å². The van der Waals surface area contributed by atoms with E-state index in [9.17, 15) is 23.6 Å². The molecule has 7 rings (SSSR count). The molecule has 3 amide bonds. The zero-order valence-electron chi connectivity index (χ0n) is 33.2. The van der Waals surface area contributed by atoms with Gasteiger partial charge in [-0.15, -0.1) is 5.60 Å². The Balaban J connectivity index is 0.000000941. The minimum Gasteiger partial charge on any atom is -0.850 e. The first-order valence-corrected chi connectivity index (χ1v) is 20.2. The fourth-order valence-electron chi connectivity index (χ4n) is 7.80. The predicted octanol–water partition coefficient (Wildman–Crippen LogP) is 0.302. The first-order chi connectivity index (χ1) is 26.1. The molecule has 0 bridgehead atoms. The van der Waals surface area contributed by atoms with Crippen molar-refractivity contribution >= 4 is 27.6 Å². The van der Waals surface area contributed by atoms with E-state index >= 15 is 4.79 Å². The van der Waals surface area contributed by atoms with Crippen molar-refractivity contribution in [1.29, 1.82) is 5.26 Å². The monoisotopic (exact) mass is 811 g/mol. The number of methoxy groups -OCH3 is 1. The van der Waals surface area contributed by atoms with Crippen LogP contribution in [0, 0.1) is 16.7 Å². The quantitative estimate of drug-likeness (QED) is 0.280. The summed E-state index contributed by atoms with van der Waals surface area (Å²) in [7, 11) is -3.05. The van der Waals surface area contributed by atoms with Crippen LogP contribution in [0.4, 0.5) is 10.5 Å². The summed E-state index contributed by atoms with van der Waals surface area (Å²) in [6.07, 6.45) is 5.32. The Hall–Kier alpha value is -3.11. The molecule has 1 atom stereocenters. The summed E-state index contributed by atoms with van der Waals surface area (Å²) in [5, 5.41) is 23.0. The molecule has 14 nitrogen and oxygen atoms in total. The third-order valence-electron chi connectivity index (χ3n) is 10.2. The van der Waals surface area contributed by atoms with Gasteiger partial charge in [0, 0.05) is 56.4 Å². The number of nitrogens with one attached hydrogen (secondary N) is 1. The SMILES string of the molecule is CC(C)(C)[O-].CCOc1ncccc1[C@]1(NC(=O)N2CC3(CN(CCN4CCCCC4)C3)C2)C(=O)N(S(=O)(=O)c2ccc(OC)cc2)c2ccc(C#N)cc21.[K+]. The summed E-state index contributed by atoms with van der Waals surface area (Å²) in [6, 6.07) is 14.7. The number of aromatic nitrogens is 1. The summed E-state index contributed by atoms with van der Waals surface area (Å²) in [5.74, 6) is -0.439. The van der Waals surface area contributed by atoms with Gasteiger partial charge in [-0.05, 0) is 87.5 Å². The Kier molecular flexibility index (Phi) is 14.0. The van der Waals surface area contributed by atoms with Gasteiger partial charge < -0.3 is 34.6 Å². The molecule has 16 heteroatoms.